The fourth-order valence-corrected chi connectivity index (χ4v) is 3.44. The van der Waals surface area contributed by atoms with Gasteiger partial charge in [0, 0.05) is 5.56 Å². The minimum absolute atomic E-state index is 0.123. The van der Waals surface area contributed by atoms with Crippen molar-refractivity contribution in [3.63, 3.8) is 0 Å². The molecule has 0 radical (unpaired) electrons. The highest BCUT2D eigenvalue weighted by molar-refractivity contribution is 6.08. The molecule has 2 aromatic rings. The van der Waals surface area contributed by atoms with Gasteiger partial charge < -0.3 is 14.4 Å². The van der Waals surface area contributed by atoms with Gasteiger partial charge in [-0.2, -0.15) is 0 Å². The van der Waals surface area contributed by atoms with E-state index in [9.17, 15) is 14.4 Å². The molecular formula is C21H20N2O5. The van der Waals surface area contributed by atoms with Crippen LogP contribution in [0.15, 0.2) is 42.5 Å². The van der Waals surface area contributed by atoms with E-state index < -0.39 is 6.10 Å². The van der Waals surface area contributed by atoms with Gasteiger partial charge >= 0.3 is 0 Å². The first-order valence-corrected chi connectivity index (χ1v) is 9.11. The van der Waals surface area contributed by atoms with Crippen LogP contribution in [0.4, 0.5) is 11.4 Å². The predicted molar refractivity (Wildman–Crippen MR) is 103 cm³/mol. The average molecular weight is 380 g/mol. The highest BCUT2D eigenvalue weighted by atomic mass is 16.5. The zero-order valence-electron chi connectivity index (χ0n) is 15.7. The zero-order chi connectivity index (χ0) is 19.8. The van der Waals surface area contributed by atoms with Crippen molar-refractivity contribution in [1.82, 2.24) is 0 Å². The SMILES string of the molecule is CC(=O)c1ccc2c(c1)N(CC(=O)N1CCOc3ccccc31)C(=O)C(C)O2. The Morgan fingerprint density at radius 3 is 2.68 bits per heavy atom. The van der Waals surface area contributed by atoms with Crippen LogP contribution in [0.3, 0.4) is 0 Å². The number of fused-ring (bicyclic) bond motifs is 2. The van der Waals surface area contributed by atoms with Crippen molar-refractivity contribution in [2.24, 2.45) is 0 Å². The van der Waals surface area contributed by atoms with Crippen LogP contribution in [0, 0.1) is 0 Å². The van der Waals surface area contributed by atoms with Crippen LogP contribution in [0.1, 0.15) is 24.2 Å². The maximum atomic E-state index is 13.1. The number of hydrogen-bond acceptors (Lipinski definition) is 5. The molecule has 2 aliphatic rings. The Morgan fingerprint density at radius 1 is 1.11 bits per heavy atom. The van der Waals surface area contributed by atoms with E-state index in [4.69, 9.17) is 9.47 Å². The molecular weight excluding hydrogens is 360 g/mol. The molecule has 7 heteroatoms. The zero-order valence-corrected chi connectivity index (χ0v) is 15.7. The van der Waals surface area contributed by atoms with Gasteiger partial charge in [-0.05, 0) is 44.2 Å². The summed E-state index contributed by atoms with van der Waals surface area (Å²) in [6.45, 7) is 3.75. The molecule has 1 unspecified atom stereocenters. The predicted octanol–water partition coefficient (Wildman–Crippen LogP) is 2.43. The summed E-state index contributed by atoms with van der Waals surface area (Å²) in [6.07, 6.45) is -0.708. The van der Waals surface area contributed by atoms with Gasteiger partial charge in [0.1, 0.15) is 24.7 Å². The number of Topliss-reactive ketones (excluding diaryl/α,β-unsaturated/α-hetero) is 1. The first-order chi connectivity index (χ1) is 13.5. The summed E-state index contributed by atoms with van der Waals surface area (Å²) in [6, 6.07) is 12.2. The largest absolute Gasteiger partial charge is 0.490 e. The average Bonchev–Trinajstić information content (AvgIpc) is 2.70. The Labute approximate surface area is 162 Å². The lowest BCUT2D eigenvalue weighted by Gasteiger charge is -2.35. The quantitative estimate of drug-likeness (QED) is 0.765. The summed E-state index contributed by atoms with van der Waals surface area (Å²) < 4.78 is 11.2. The number of nitrogens with zero attached hydrogens (tertiary/aromatic N) is 2. The van der Waals surface area contributed by atoms with Crippen molar-refractivity contribution in [1.29, 1.82) is 0 Å². The summed E-state index contributed by atoms with van der Waals surface area (Å²) in [5, 5.41) is 0. The van der Waals surface area contributed by atoms with Crippen LogP contribution in [0.2, 0.25) is 0 Å². The second-order valence-electron chi connectivity index (χ2n) is 6.78. The molecule has 2 aromatic carbocycles. The number of rotatable bonds is 3. The first kappa shape index (κ1) is 18.0. The number of benzene rings is 2. The maximum Gasteiger partial charge on any atom is 0.268 e. The first-order valence-electron chi connectivity index (χ1n) is 9.11. The van der Waals surface area contributed by atoms with Crippen LogP contribution in [-0.2, 0) is 9.59 Å². The van der Waals surface area contributed by atoms with Crippen molar-refractivity contribution in [2.45, 2.75) is 20.0 Å². The molecule has 0 spiro atoms. The molecule has 0 fully saturated rings. The lowest BCUT2D eigenvalue weighted by Crippen LogP contribution is -2.50. The number of carbonyl (C=O) groups excluding carboxylic acids is 3. The van der Waals surface area contributed by atoms with Crippen LogP contribution >= 0.6 is 0 Å². The number of carbonyl (C=O) groups is 3. The van der Waals surface area contributed by atoms with Gasteiger partial charge in [0.15, 0.2) is 11.9 Å². The summed E-state index contributed by atoms with van der Waals surface area (Å²) >= 11 is 0. The molecule has 0 N–H and O–H groups in total. The van der Waals surface area contributed by atoms with E-state index >= 15 is 0 Å². The van der Waals surface area contributed by atoms with Crippen LogP contribution in [0.5, 0.6) is 11.5 Å². The molecule has 0 aromatic heterocycles. The van der Waals surface area contributed by atoms with Crippen molar-refractivity contribution in [3.8, 4) is 11.5 Å². The Kier molecular flexibility index (Phi) is 4.50. The fraction of sp³-hybridized carbons (Fsp3) is 0.286. The third kappa shape index (κ3) is 3.09. The molecule has 2 aliphatic heterocycles. The number of amides is 2. The molecule has 4 rings (SSSR count). The smallest absolute Gasteiger partial charge is 0.268 e. The summed E-state index contributed by atoms with van der Waals surface area (Å²) in [5.74, 6) is 0.457. The Hall–Kier alpha value is -3.35. The van der Waals surface area contributed by atoms with Crippen molar-refractivity contribution < 1.29 is 23.9 Å². The van der Waals surface area contributed by atoms with Gasteiger partial charge in [-0.1, -0.05) is 12.1 Å². The lowest BCUT2D eigenvalue weighted by molar-refractivity contribution is -0.127. The Balaban J connectivity index is 1.66. The summed E-state index contributed by atoms with van der Waals surface area (Å²) in [5.41, 5.74) is 1.58. The summed E-state index contributed by atoms with van der Waals surface area (Å²) in [7, 11) is 0. The second kappa shape index (κ2) is 6.99. The van der Waals surface area contributed by atoms with Crippen molar-refractivity contribution in [3.05, 3.63) is 48.0 Å². The maximum absolute atomic E-state index is 13.1. The number of anilines is 2. The van der Waals surface area contributed by atoms with Crippen LogP contribution < -0.4 is 19.3 Å². The molecule has 0 saturated heterocycles. The van der Waals surface area contributed by atoms with E-state index in [0.717, 1.165) is 0 Å². The van der Waals surface area contributed by atoms with E-state index in [1.54, 1.807) is 30.0 Å². The Bertz CT molecular complexity index is 971. The van der Waals surface area contributed by atoms with Crippen LogP contribution in [-0.4, -0.2) is 43.4 Å². The van der Waals surface area contributed by atoms with Crippen molar-refractivity contribution >= 4 is 29.0 Å². The second-order valence-corrected chi connectivity index (χ2v) is 6.78. The number of hydrogen-bond donors (Lipinski definition) is 0. The van der Waals surface area contributed by atoms with Crippen LogP contribution in [0.25, 0.3) is 0 Å². The normalized spacial score (nSPS) is 17.9. The van der Waals surface area contributed by atoms with Gasteiger partial charge in [0.25, 0.3) is 5.91 Å². The fourth-order valence-electron chi connectivity index (χ4n) is 3.44. The lowest BCUT2D eigenvalue weighted by atomic mass is 10.1. The van der Waals surface area contributed by atoms with Crippen molar-refractivity contribution in [2.75, 3.05) is 29.5 Å². The molecule has 0 bridgehead atoms. The number of ketones is 1. The van der Waals surface area contributed by atoms with E-state index in [-0.39, 0.29) is 24.1 Å². The molecule has 144 valence electrons. The molecule has 1 atom stereocenters. The number of ether oxygens (including phenoxy) is 2. The van der Waals surface area contributed by atoms with Gasteiger partial charge in [-0.15, -0.1) is 0 Å². The van der Waals surface area contributed by atoms with Gasteiger partial charge in [0.2, 0.25) is 5.91 Å². The van der Waals surface area contributed by atoms with E-state index in [2.05, 4.69) is 0 Å². The minimum Gasteiger partial charge on any atom is -0.490 e. The molecule has 2 amide bonds. The highest BCUT2D eigenvalue weighted by Crippen LogP contribution is 2.36. The van der Waals surface area contributed by atoms with E-state index in [1.165, 1.54) is 11.8 Å². The molecule has 28 heavy (non-hydrogen) atoms. The monoisotopic (exact) mass is 380 g/mol. The molecule has 0 saturated carbocycles. The highest BCUT2D eigenvalue weighted by Gasteiger charge is 2.35. The van der Waals surface area contributed by atoms with Gasteiger partial charge in [-0.25, -0.2) is 0 Å². The van der Waals surface area contributed by atoms with E-state index in [0.29, 0.717) is 41.6 Å². The van der Waals surface area contributed by atoms with Gasteiger partial charge in [-0.3, -0.25) is 19.3 Å². The summed E-state index contributed by atoms with van der Waals surface area (Å²) in [4.78, 5) is 40.6. The molecule has 0 aliphatic carbocycles. The topological polar surface area (TPSA) is 76.2 Å². The number of para-hydroxylation sites is 2. The minimum atomic E-state index is -0.708. The third-order valence-corrected chi connectivity index (χ3v) is 4.90. The van der Waals surface area contributed by atoms with Gasteiger partial charge in [0.05, 0.1) is 17.9 Å². The third-order valence-electron chi connectivity index (χ3n) is 4.90. The standard InChI is InChI=1S/C21H20N2O5/c1-13(24)15-7-8-19-17(11-15)23(21(26)14(2)28-19)12-20(25)22-9-10-27-18-6-4-3-5-16(18)22/h3-8,11,14H,9-10,12H2,1-2H3. The van der Waals surface area contributed by atoms with E-state index in [1.807, 2.05) is 24.3 Å². The Morgan fingerprint density at radius 2 is 1.89 bits per heavy atom. The molecule has 7 nitrogen and oxygen atoms in total. The molecule has 2 heterocycles.